The van der Waals surface area contributed by atoms with E-state index in [4.69, 9.17) is 0 Å². The van der Waals surface area contributed by atoms with Crippen molar-refractivity contribution in [1.82, 2.24) is 9.97 Å². The number of para-hydroxylation sites is 2. The highest BCUT2D eigenvalue weighted by Crippen LogP contribution is 2.12. The molecule has 3 aromatic rings. The Balaban J connectivity index is 1.87. The van der Waals surface area contributed by atoms with Crippen LogP contribution in [0.1, 0.15) is 10.4 Å². The maximum absolute atomic E-state index is 12.0. The van der Waals surface area contributed by atoms with Crippen molar-refractivity contribution in [2.45, 2.75) is 0 Å². The minimum Gasteiger partial charge on any atom is -0.305 e. The van der Waals surface area contributed by atoms with Gasteiger partial charge in [0.1, 0.15) is 0 Å². The van der Waals surface area contributed by atoms with E-state index in [0.717, 1.165) is 11.0 Å². The molecule has 3 rings (SSSR count). The van der Waals surface area contributed by atoms with Crippen LogP contribution >= 0.6 is 0 Å². The van der Waals surface area contributed by atoms with Gasteiger partial charge in [-0.15, -0.1) is 0 Å². The number of aromatic nitrogens is 2. The minimum absolute atomic E-state index is 0.190. The summed E-state index contributed by atoms with van der Waals surface area (Å²) in [5, 5.41) is 2.74. The van der Waals surface area contributed by atoms with E-state index in [9.17, 15) is 4.79 Å². The highest BCUT2D eigenvalue weighted by Gasteiger charge is 2.06. The molecule has 0 unspecified atom stereocenters. The van der Waals surface area contributed by atoms with E-state index in [1.54, 1.807) is 18.3 Å². The number of hydrogen-bond donors (Lipinski definition) is 1. The Morgan fingerprint density at radius 3 is 2.37 bits per heavy atom. The van der Waals surface area contributed by atoms with Gasteiger partial charge in [0.2, 0.25) is 0 Å². The molecule has 1 amide bonds. The van der Waals surface area contributed by atoms with Gasteiger partial charge in [0.05, 0.1) is 17.2 Å². The predicted molar refractivity (Wildman–Crippen MR) is 73.9 cm³/mol. The zero-order valence-corrected chi connectivity index (χ0v) is 10.1. The lowest BCUT2D eigenvalue weighted by Crippen LogP contribution is -2.12. The number of rotatable bonds is 2. The Kier molecular flexibility index (Phi) is 2.90. The van der Waals surface area contributed by atoms with E-state index < -0.39 is 0 Å². The molecule has 1 aromatic heterocycles. The first-order valence-corrected chi connectivity index (χ1v) is 5.91. The average molecular weight is 249 g/mol. The number of benzene rings is 2. The molecule has 0 aliphatic carbocycles. The number of amides is 1. The number of hydrogen-bond acceptors (Lipinski definition) is 3. The molecule has 0 spiro atoms. The van der Waals surface area contributed by atoms with Crippen LogP contribution in [-0.2, 0) is 0 Å². The van der Waals surface area contributed by atoms with Crippen molar-refractivity contribution < 1.29 is 4.79 Å². The second kappa shape index (κ2) is 4.86. The van der Waals surface area contributed by atoms with Gasteiger partial charge in [-0.3, -0.25) is 9.78 Å². The van der Waals surface area contributed by atoms with Crippen LogP contribution < -0.4 is 5.32 Å². The fraction of sp³-hybridized carbons (Fsp3) is 0. The van der Waals surface area contributed by atoms with Gasteiger partial charge in [0.25, 0.3) is 5.91 Å². The van der Waals surface area contributed by atoms with Gasteiger partial charge in [-0.25, -0.2) is 4.98 Å². The van der Waals surface area contributed by atoms with E-state index in [2.05, 4.69) is 15.3 Å². The summed E-state index contributed by atoms with van der Waals surface area (Å²) < 4.78 is 0. The molecule has 0 bridgehead atoms. The SMILES string of the molecule is O=C(Nc1cnc2ccccc2n1)c1ccccc1. The maximum Gasteiger partial charge on any atom is 0.256 e. The molecule has 1 N–H and O–H groups in total. The van der Waals surface area contributed by atoms with Crippen molar-refractivity contribution in [2.75, 3.05) is 5.32 Å². The zero-order valence-electron chi connectivity index (χ0n) is 10.1. The van der Waals surface area contributed by atoms with E-state index in [1.807, 2.05) is 42.5 Å². The lowest BCUT2D eigenvalue weighted by atomic mass is 10.2. The minimum atomic E-state index is -0.190. The van der Waals surface area contributed by atoms with Gasteiger partial charge < -0.3 is 5.32 Å². The first-order chi connectivity index (χ1) is 9.33. The van der Waals surface area contributed by atoms with Crippen LogP contribution in [0.5, 0.6) is 0 Å². The Labute approximate surface area is 110 Å². The lowest BCUT2D eigenvalue weighted by molar-refractivity contribution is 0.102. The van der Waals surface area contributed by atoms with Gasteiger partial charge >= 0.3 is 0 Å². The third-order valence-corrected chi connectivity index (χ3v) is 2.73. The molecule has 0 radical (unpaired) electrons. The standard InChI is InChI=1S/C15H11N3O/c19-15(11-6-2-1-3-7-11)18-14-10-16-12-8-4-5-9-13(12)17-14/h1-10H,(H,17,18,19). The summed E-state index contributed by atoms with van der Waals surface area (Å²) >= 11 is 0. The molecule has 0 fully saturated rings. The van der Waals surface area contributed by atoms with Crippen LogP contribution in [-0.4, -0.2) is 15.9 Å². The third-order valence-electron chi connectivity index (χ3n) is 2.73. The van der Waals surface area contributed by atoms with Crippen molar-refractivity contribution in [3.05, 3.63) is 66.4 Å². The van der Waals surface area contributed by atoms with Crippen LogP contribution in [0.15, 0.2) is 60.8 Å². The second-order valence-corrected chi connectivity index (χ2v) is 4.06. The zero-order chi connectivity index (χ0) is 13.1. The summed E-state index contributed by atoms with van der Waals surface area (Å²) in [4.78, 5) is 20.6. The molecular weight excluding hydrogens is 238 g/mol. The molecule has 1 heterocycles. The van der Waals surface area contributed by atoms with E-state index in [1.165, 1.54) is 0 Å². The van der Waals surface area contributed by atoms with Crippen molar-refractivity contribution in [3.8, 4) is 0 Å². The number of fused-ring (bicyclic) bond motifs is 1. The number of nitrogens with zero attached hydrogens (tertiary/aromatic N) is 2. The monoisotopic (exact) mass is 249 g/mol. The molecular formula is C15H11N3O. The van der Waals surface area contributed by atoms with Gasteiger partial charge in [-0.05, 0) is 24.3 Å². The second-order valence-electron chi connectivity index (χ2n) is 4.06. The molecule has 19 heavy (non-hydrogen) atoms. The molecule has 92 valence electrons. The van der Waals surface area contributed by atoms with E-state index in [-0.39, 0.29) is 5.91 Å². The largest absolute Gasteiger partial charge is 0.305 e. The topological polar surface area (TPSA) is 54.9 Å². The molecule has 2 aromatic carbocycles. The van der Waals surface area contributed by atoms with Crippen LogP contribution in [0.25, 0.3) is 11.0 Å². The summed E-state index contributed by atoms with van der Waals surface area (Å²) in [6.45, 7) is 0. The quantitative estimate of drug-likeness (QED) is 0.759. The van der Waals surface area contributed by atoms with E-state index >= 15 is 0 Å². The Morgan fingerprint density at radius 2 is 1.58 bits per heavy atom. The molecule has 4 heteroatoms. The molecule has 4 nitrogen and oxygen atoms in total. The number of carbonyl (C=O) groups is 1. The summed E-state index contributed by atoms with van der Waals surface area (Å²) in [7, 11) is 0. The Morgan fingerprint density at radius 1 is 0.895 bits per heavy atom. The van der Waals surface area contributed by atoms with Gasteiger partial charge in [0.15, 0.2) is 5.82 Å². The van der Waals surface area contributed by atoms with Crippen molar-refractivity contribution >= 4 is 22.8 Å². The van der Waals surface area contributed by atoms with Gasteiger partial charge in [-0.2, -0.15) is 0 Å². The van der Waals surface area contributed by atoms with Crippen molar-refractivity contribution in [1.29, 1.82) is 0 Å². The van der Waals surface area contributed by atoms with Crippen molar-refractivity contribution in [3.63, 3.8) is 0 Å². The first-order valence-electron chi connectivity index (χ1n) is 5.91. The highest BCUT2D eigenvalue weighted by molar-refractivity contribution is 6.03. The summed E-state index contributed by atoms with van der Waals surface area (Å²) in [5.41, 5.74) is 2.16. The maximum atomic E-state index is 12.0. The number of carbonyl (C=O) groups excluding carboxylic acids is 1. The van der Waals surface area contributed by atoms with Crippen LogP contribution in [0.3, 0.4) is 0 Å². The summed E-state index contributed by atoms with van der Waals surface area (Å²) in [6, 6.07) is 16.5. The summed E-state index contributed by atoms with van der Waals surface area (Å²) in [5.74, 6) is 0.262. The average Bonchev–Trinajstić information content (AvgIpc) is 2.48. The molecule has 0 atom stereocenters. The fourth-order valence-corrected chi connectivity index (χ4v) is 1.80. The highest BCUT2D eigenvalue weighted by atomic mass is 16.1. The number of nitrogens with one attached hydrogen (secondary N) is 1. The summed E-state index contributed by atoms with van der Waals surface area (Å²) in [6.07, 6.45) is 1.56. The molecule has 0 saturated heterocycles. The smallest absolute Gasteiger partial charge is 0.256 e. The Hall–Kier alpha value is -2.75. The molecule has 0 aliphatic rings. The molecule has 0 saturated carbocycles. The lowest BCUT2D eigenvalue weighted by Gasteiger charge is -2.04. The van der Waals surface area contributed by atoms with Crippen LogP contribution in [0.4, 0.5) is 5.82 Å². The van der Waals surface area contributed by atoms with E-state index in [0.29, 0.717) is 11.4 Å². The first kappa shape index (κ1) is 11.3. The molecule has 0 aliphatic heterocycles. The third kappa shape index (κ3) is 2.42. The van der Waals surface area contributed by atoms with Crippen molar-refractivity contribution in [2.24, 2.45) is 0 Å². The normalized spacial score (nSPS) is 10.3. The predicted octanol–water partition coefficient (Wildman–Crippen LogP) is 2.88. The van der Waals surface area contributed by atoms with Crippen LogP contribution in [0.2, 0.25) is 0 Å². The fourth-order valence-electron chi connectivity index (χ4n) is 1.80. The Bertz CT molecular complexity index is 726. The van der Waals surface area contributed by atoms with Gasteiger partial charge in [-0.1, -0.05) is 30.3 Å². The van der Waals surface area contributed by atoms with Crippen LogP contribution in [0, 0.1) is 0 Å². The van der Waals surface area contributed by atoms with Gasteiger partial charge in [0, 0.05) is 5.56 Å². The number of anilines is 1.